The lowest BCUT2D eigenvalue weighted by molar-refractivity contribution is -0.0509. The summed E-state index contributed by atoms with van der Waals surface area (Å²) >= 11 is 0. The van der Waals surface area contributed by atoms with Gasteiger partial charge in [-0.2, -0.15) is 0 Å². The van der Waals surface area contributed by atoms with Gasteiger partial charge in [0, 0.05) is 11.5 Å². The van der Waals surface area contributed by atoms with Crippen LogP contribution in [0.3, 0.4) is 0 Å². The van der Waals surface area contributed by atoms with Crippen LogP contribution in [0.2, 0.25) is 0 Å². The van der Waals surface area contributed by atoms with E-state index in [0.717, 1.165) is 25.7 Å². The number of hydrogen-bond donors (Lipinski definition) is 2. The summed E-state index contributed by atoms with van der Waals surface area (Å²) in [5.41, 5.74) is -0.0752. The van der Waals surface area contributed by atoms with E-state index in [4.69, 9.17) is 19.5 Å². The zero-order chi connectivity index (χ0) is 14.9. The number of ether oxygens (including phenoxy) is 2. The van der Waals surface area contributed by atoms with Gasteiger partial charge >= 0.3 is 7.12 Å². The number of rotatable bonds is 4. The molecule has 1 unspecified atom stereocenters. The van der Waals surface area contributed by atoms with E-state index in [1.54, 1.807) is 0 Å². The second-order valence-electron chi connectivity index (χ2n) is 6.04. The van der Waals surface area contributed by atoms with Crippen molar-refractivity contribution < 1.29 is 23.9 Å². The number of hydrogen-bond acceptors (Lipinski definition) is 4. The van der Waals surface area contributed by atoms with Gasteiger partial charge in [0.15, 0.2) is 0 Å². The van der Waals surface area contributed by atoms with Crippen molar-refractivity contribution in [3.8, 4) is 5.75 Å². The van der Waals surface area contributed by atoms with Crippen LogP contribution < -0.4 is 10.2 Å². The minimum Gasteiger partial charge on any atom is -0.491 e. The molecule has 1 aliphatic carbocycles. The molecule has 1 spiro atoms. The summed E-state index contributed by atoms with van der Waals surface area (Å²) < 4.78 is 25.3. The second-order valence-corrected chi connectivity index (χ2v) is 6.04. The van der Waals surface area contributed by atoms with Crippen LogP contribution in [0.1, 0.15) is 38.5 Å². The molecule has 1 saturated carbocycles. The van der Waals surface area contributed by atoms with E-state index < -0.39 is 12.9 Å². The molecule has 3 rings (SSSR count). The molecular weight excluding hydrogens is 274 g/mol. The Morgan fingerprint density at radius 3 is 2.71 bits per heavy atom. The Morgan fingerprint density at radius 2 is 2.05 bits per heavy atom. The third-order valence-corrected chi connectivity index (χ3v) is 4.54. The molecule has 4 nitrogen and oxygen atoms in total. The molecule has 6 heteroatoms. The average molecular weight is 294 g/mol. The Bertz CT molecular complexity index is 502. The summed E-state index contributed by atoms with van der Waals surface area (Å²) in [6.07, 6.45) is 6.89. The van der Waals surface area contributed by atoms with Gasteiger partial charge in [-0.15, -0.1) is 0 Å². The van der Waals surface area contributed by atoms with Gasteiger partial charge in [-0.05, 0) is 31.7 Å². The Morgan fingerprint density at radius 1 is 1.29 bits per heavy atom. The topological polar surface area (TPSA) is 58.9 Å². The fraction of sp³-hybridized carbons (Fsp3) is 0.600. The highest BCUT2D eigenvalue weighted by molar-refractivity contribution is 6.58. The van der Waals surface area contributed by atoms with Crippen LogP contribution in [0.15, 0.2) is 18.2 Å². The number of halogens is 1. The van der Waals surface area contributed by atoms with E-state index in [2.05, 4.69) is 0 Å². The lowest BCUT2D eigenvalue weighted by atomic mass is 9.80. The first-order valence-corrected chi connectivity index (χ1v) is 7.54. The summed E-state index contributed by atoms with van der Waals surface area (Å²) in [6, 6.07) is 4.04. The van der Waals surface area contributed by atoms with Crippen molar-refractivity contribution in [3.63, 3.8) is 0 Å². The van der Waals surface area contributed by atoms with Gasteiger partial charge in [0.1, 0.15) is 18.2 Å². The third kappa shape index (κ3) is 3.22. The van der Waals surface area contributed by atoms with Crippen LogP contribution in [-0.4, -0.2) is 35.5 Å². The van der Waals surface area contributed by atoms with E-state index in [0.29, 0.717) is 12.4 Å². The molecule has 114 valence electrons. The van der Waals surface area contributed by atoms with Crippen LogP contribution in [0.5, 0.6) is 5.75 Å². The maximum absolute atomic E-state index is 13.6. The molecule has 2 fully saturated rings. The van der Waals surface area contributed by atoms with Crippen LogP contribution in [0, 0.1) is 5.82 Å². The maximum atomic E-state index is 13.6. The molecule has 1 heterocycles. The van der Waals surface area contributed by atoms with Crippen molar-refractivity contribution in [2.24, 2.45) is 0 Å². The second kappa shape index (κ2) is 5.95. The van der Waals surface area contributed by atoms with Crippen molar-refractivity contribution in [1.82, 2.24) is 0 Å². The van der Waals surface area contributed by atoms with Crippen molar-refractivity contribution in [1.29, 1.82) is 0 Å². The summed E-state index contributed by atoms with van der Waals surface area (Å²) in [6.45, 7) is 0.405. The van der Waals surface area contributed by atoms with Crippen LogP contribution in [0.25, 0.3) is 0 Å². The molecule has 21 heavy (non-hydrogen) atoms. The van der Waals surface area contributed by atoms with Crippen LogP contribution >= 0.6 is 0 Å². The SMILES string of the molecule is OB(O)c1ccc(OCC2CCC3(CCCC3)O2)cc1F. The number of benzene rings is 1. The van der Waals surface area contributed by atoms with Crippen molar-refractivity contribution in [3.05, 3.63) is 24.0 Å². The quantitative estimate of drug-likeness (QED) is 0.824. The zero-order valence-corrected chi connectivity index (χ0v) is 11.9. The molecule has 1 aromatic carbocycles. The summed E-state index contributed by atoms with van der Waals surface area (Å²) in [4.78, 5) is 0. The highest BCUT2D eigenvalue weighted by Gasteiger charge is 2.42. The molecule has 0 amide bonds. The highest BCUT2D eigenvalue weighted by Crippen LogP contribution is 2.43. The predicted molar refractivity (Wildman–Crippen MR) is 77.0 cm³/mol. The molecular formula is C15H20BFO4. The average Bonchev–Trinajstić information content (AvgIpc) is 3.07. The largest absolute Gasteiger partial charge is 0.491 e. The lowest BCUT2D eigenvalue weighted by Crippen LogP contribution is -2.32. The standard InChI is InChI=1S/C15H20BFO4/c17-14-9-11(3-4-13(14)16(18)19)20-10-12-5-8-15(21-12)6-1-2-7-15/h3-4,9,12,18-19H,1-2,5-8,10H2. The van der Waals surface area contributed by atoms with Gasteiger partial charge in [-0.3, -0.25) is 0 Å². The van der Waals surface area contributed by atoms with Crippen molar-refractivity contribution in [2.75, 3.05) is 6.61 Å². The molecule has 0 aromatic heterocycles. The molecule has 1 saturated heterocycles. The van der Waals surface area contributed by atoms with Crippen molar-refractivity contribution >= 4 is 12.6 Å². The minimum absolute atomic E-state index is 0.0641. The first-order chi connectivity index (χ1) is 10.1. The Hall–Kier alpha value is -1.11. The van der Waals surface area contributed by atoms with Gasteiger partial charge in [0.05, 0.1) is 11.7 Å². The molecule has 1 aliphatic heterocycles. The van der Waals surface area contributed by atoms with E-state index >= 15 is 0 Å². The van der Waals surface area contributed by atoms with Gasteiger partial charge in [-0.25, -0.2) is 4.39 Å². The molecule has 2 N–H and O–H groups in total. The van der Waals surface area contributed by atoms with Crippen LogP contribution in [-0.2, 0) is 4.74 Å². The van der Waals surface area contributed by atoms with Gasteiger partial charge in [0.25, 0.3) is 0 Å². The fourth-order valence-corrected chi connectivity index (χ4v) is 3.40. The molecule has 0 radical (unpaired) electrons. The van der Waals surface area contributed by atoms with E-state index in [-0.39, 0.29) is 17.2 Å². The van der Waals surface area contributed by atoms with E-state index in [1.165, 1.54) is 31.0 Å². The monoisotopic (exact) mass is 294 g/mol. The normalized spacial score (nSPS) is 23.7. The minimum atomic E-state index is -1.81. The van der Waals surface area contributed by atoms with Gasteiger partial charge in [-0.1, -0.05) is 18.9 Å². The molecule has 2 aliphatic rings. The summed E-state index contributed by atoms with van der Waals surface area (Å²) in [5, 5.41) is 17.9. The van der Waals surface area contributed by atoms with Crippen LogP contribution in [0.4, 0.5) is 4.39 Å². The molecule has 1 atom stereocenters. The maximum Gasteiger partial charge on any atom is 0.491 e. The Kier molecular flexibility index (Phi) is 4.20. The molecule has 0 bridgehead atoms. The smallest absolute Gasteiger partial charge is 0.491 e. The van der Waals surface area contributed by atoms with E-state index in [9.17, 15) is 4.39 Å². The lowest BCUT2D eigenvalue weighted by Gasteiger charge is -2.23. The first kappa shape index (κ1) is 14.8. The predicted octanol–water partition coefficient (Wildman–Crippen LogP) is 1.38. The highest BCUT2D eigenvalue weighted by atomic mass is 19.1. The molecule has 1 aromatic rings. The first-order valence-electron chi connectivity index (χ1n) is 7.54. The third-order valence-electron chi connectivity index (χ3n) is 4.54. The summed E-state index contributed by atoms with van der Waals surface area (Å²) in [7, 11) is -1.81. The van der Waals surface area contributed by atoms with Gasteiger partial charge in [0.2, 0.25) is 0 Å². The fourth-order valence-electron chi connectivity index (χ4n) is 3.40. The van der Waals surface area contributed by atoms with Gasteiger partial charge < -0.3 is 19.5 Å². The Balaban J connectivity index is 1.55. The Labute approximate surface area is 124 Å². The summed E-state index contributed by atoms with van der Waals surface area (Å²) in [5.74, 6) is -0.296. The van der Waals surface area contributed by atoms with Crippen molar-refractivity contribution in [2.45, 2.75) is 50.2 Å². The van der Waals surface area contributed by atoms with E-state index in [1.807, 2.05) is 0 Å². The zero-order valence-electron chi connectivity index (χ0n) is 11.9.